The molecule has 0 aliphatic rings. The second kappa shape index (κ2) is 4.28. The Kier molecular flexibility index (Phi) is 3.50. The Morgan fingerprint density at radius 2 is 2.21 bits per heavy atom. The zero-order valence-electron chi connectivity index (χ0n) is 8.67. The van der Waals surface area contributed by atoms with Crippen LogP contribution in [0.25, 0.3) is 0 Å². The highest BCUT2D eigenvalue weighted by Crippen LogP contribution is 2.25. The highest BCUT2D eigenvalue weighted by molar-refractivity contribution is 9.10. The van der Waals surface area contributed by atoms with Gasteiger partial charge >= 0.3 is 0 Å². The SMILES string of the molecule is Cc1ccnc(OCC(C)(C)N)c1Br. The van der Waals surface area contributed by atoms with E-state index in [1.807, 2.05) is 26.8 Å². The number of halogens is 1. The van der Waals surface area contributed by atoms with E-state index in [0.717, 1.165) is 10.0 Å². The summed E-state index contributed by atoms with van der Waals surface area (Å²) in [4.78, 5) is 4.12. The van der Waals surface area contributed by atoms with Gasteiger partial charge in [-0.1, -0.05) is 0 Å². The summed E-state index contributed by atoms with van der Waals surface area (Å²) < 4.78 is 6.39. The summed E-state index contributed by atoms with van der Waals surface area (Å²) >= 11 is 3.42. The van der Waals surface area contributed by atoms with Crippen LogP contribution in [-0.2, 0) is 0 Å². The fraction of sp³-hybridized carbons (Fsp3) is 0.500. The highest BCUT2D eigenvalue weighted by atomic mass is 79.9. The van der Waals surface area contributed by atoms with E-state index in [1.54, 1.807) is 6.20 Å². The van der Waals surface area contributed by atoms with Gasteiger partial charge in [-0.2, -0.15) is 0 Å². The van der Waals surface area contributed by atoms with Gasteiger partial charge in [0.15, 0.2) is 0 Å². The quantitative estimate of drug-likeness (QED) is 0.905. The molecule has 1 aromatic heterocycles. The molecule has 0 bridgehead atoms. The first-order valence-corrected chi connectivity index (χ1v) is 5.22. The van der Waals surface area contributed by atoms with E-state index in [0.29, 0.717) is 12.5 Å². The van der Waals surface area contributed by atoms with Crippen molar-refractivity contribution in [3.05, 3.63) is 22.3 Å². The Labute approximate surface area is 92.8 Å². The van der Waals surface area contributed by atoms with Gasteiger partial charge in [0, 0.05) is 11.7 Å². The number of nitrogens with zero attached hydrogens (tertiary/aromatic N) is 1. The molecule has 0 saturated heterocycles. The molecule has 0 aliphatic heterocycles. The molecule has 14 heavy (non-hydrogen) atoms. The topological polar surface area (TPSA) is 48.1 Å². The monoisotopic (exact) mass is 258 g/mol. The van der Waals surface area contributed by atoms with Crippen LogP contribution < -0.4 is 10.5 Å². The molecule has 0 aliphatic carbocycles. The van der Waals surface area contributed by atoms with Crippen molar-refractivity contribution in [1.82, 2.24) is 4.98 Å². The Balaban J connectivity index is 2.73. The van der Waals surface area contributed by atoms with Crippen molar-refractivity contribution in [3.8, 4) is 5.88 Å². The molecule has 4 heteroatoms. The van der Waals surface area contributed by atoms with Gasteiger partial charge in [0.1, 0.15) is 6.61 Å². The van der Waals surface area contributed by atoms with Crippen LogP contribution in [0.4, 0.5) is 0 Å². The lowest BCUT2D eigenvalue weighted by molar-refractivity contribution is 0.233. The maximum absolute atomic E-state index is 5.80. The number of pyridine rings is 1. The summed E-state index contributed by atoms with van der Waals surface area (Å²) in [5, 5.41) is 0. The van der Waals surface area contributed by atoms with E-state index >= 15 is 0 Å². The minimum absolute atomic E-state index is 0.342. The minimum atomic E-state index is -0.342. The molecule has 0 aromatic carbocycles. The van der Waals surface area contributed by atoms with Crippen molar-refractivity contribution in [3.63, 3.8) is 0 Å². The Morgan fingerprint density at radius 3 is 2.79 bits per heavy atom. The van der Waals surface area contributed by atoms with Crippen LogP contribution >= 0.6 is 15.9 Å². The molecule has 0 spiro atoms. The number of hydrogen-bond donors (Lipinski definition) is 1. The van der Waals surface area contributed by atoms with Crippen LogP contribution in [0, 0.1) is 6.92 Å². The molecule has 0 saturated carbocycles. The number of aryl methyl sites for hydroxylation is 1. The van der Waals surface area contributed by atoms with E-state index in [2.05, 4.69) is 20.9 Å². The molecular weight excluding hydrogens is 244 g/mol. The molecule has 1 heterocycles. The lowest BCUT2D eigenvalue weighted by Crippen LogP contribution is -2.38. The standard InChI is InChI=1S/C10H15BrN2O/c1-7-4-5-13-9(8(7)11)14-6-10(2,3)12/h4-5H,6,12H2,1-3H3. The normalized spacial score (nSPS) is 11.5. The number of aromatic nitrogens is 1. The lowest BCUT2D eigenvalue weighted by Gasteiger charge is -2.19. The lowest BCUT2D eigenvalue weighted by atomic mass is 10.1. The minimum Gasteiger partial charge on any atom is -0.475 e. The molecule has 1 rings (SSSR count). The first-order valence-electron chi connectivity index (χ1n) is 4.43. The van der Waals surface area contributed by atoms with E-state index in [-0.39, 0.29) is 5.54 Å². The third-order valence-electron chi connectivity index (χ3n) is 1.63. The second-order valence-corrected chi connectivity index (χ2v) is 4.82. The third kappa shape index (κ3) is 3.27. The van der Waals surface area contributed by atoms with E-state index in [1.165, 1.54) is 0 Å². The Bertz CT molecular complexity index is 320. The maximum Gasteiger partial charge on any atom is 0.228 e. The maximum atomic E-state index is 5.80. The molecule has 0 amide bonds. The van der Waals surface area contributed by atoms with Crippen LogP contribution in [0.2, 0.25) is 0 Å². The first kappa shape index (κ1) is 11.5. The van der Waals surface area contributed by atoms with Crippen molar-refractivity contribution in [1.29, 1.82) is 0 Å². The molecule has 2 N–H and O–H groups in total. The predicted molar refractivity (Wildman–Crippen MR) is 60.4 cm³/mol. The van der Waals surface area contributed by atoms with Gasteiger partial charge in [-0.15, -0.1) is 0 Å². The Morgan fingerprint density at radius 1 is 1.57 bits per heavy atom. The van der Waals surface area contributed by atoms with Gasteiger partial charge in [-0.3, -0.25) is 0 Å². The summed E-state index contributed by atoms with van der Waals surface area (Å²) in [6, 6.07) is 1.92. The summed E-state index contributed by atoms with van der Waals surface area (Å²) in [5.41, 5.74) is 6.56. The fourth-order valence-corrected chi connectivity index (χ4v) is 1.22. The number of hydrogen-bond acceptors (Lipinski definition) is 3. The van der Waals surface area contributed by atoms with Crippen LogP contribution in [0.5, 0.6) is 5.88 Å². The van der Waals surface area contributed by atoms with E-state index in [4.69, 9.17) is 10.5 Å². The average Bonchev–Trinajstić information content (AvgIpc) is 2.06. The van der Waals surface area contributed by atoms with Crippen LogP contribution in [0.15, 0.2) is 16.7 Å². The number of ether oxygens (including phenoxy) is 1. The molecule has 1 aromatic rings. The second-order valence-electron chi connectivity index (χ2n) is 4.02. The summed E-state index contributed by atoms with van der Waals surface area (Å²) in [5.74, 6) is 0.600. The predicted octanol–water partition coefficient (Wildman–Crippen LogP) is 2.27. The largest absolute Gasteiger partial charge is 0.475 e. The molecule has 0 fully saturated rings. The smallest absolute Gasteiger partial charge is 0.228 e. The molecule has 3 nitrogen and oxygen atoms in total. The number of nitrogens with two attached hydrogens (primary N) is 1. The third-order valence-corrected chi connectivity index (χ3v) is 2.60. The van der Waals surface area contributed by atoms with Crippen molar-refractivity contribution in [2.24, 2.45) is 5.73 Å². The summed E-state index contributed by atoms with van der Waals surface area (Å²) in [7, 11) is 0. The zero-order chi connectivity index (χ0) is 10.8. The van der Waals surface area contributed by atoms with Crippen LogP contribution in [-0.4, -0.2) is 17.1 Å². The Hall–Kier alpha value is -0.610. The zero-order valence-corrected chi connectivity index (χ0v) is 10.3. The molecule has 0 unspecified atom stereocenters. The molecule has 78 valence electrons. The van der Waals surface area contributed by atoms with Crippen molar-refractivity contribution >= 4 is 15.9 Å². The summed E-state index contributed by atoms with van der Waals surface area (Å²) in [6.45, 7) is 6.27. The van der Waals surface area contributed by atoms with Crippen molar-refractivity contribution in [2.45, 2.75) is 26.3 Å². The van der Waals surface area contributed by atoms with Gasteiger partial charge in [0.05, 0.1) is 4.47 Å². The highest BCUT2D eigenvalue weighted by Gasteiger charge is 2.13. The molecule has 0 atom stereocenters. The van der Waals surface area contributed by atoms with Gasteiger partial charge in [0.2, 0.25) is 5.88 Å². The van der Waals surface area contributed by atoms with Gasteiger partial charge in [0.25, 0.3) is 0 Å². The van der Waals surface area contributed by atoms with Crippen LogP contribution in [0.1, 0.15) is 19.4 Å². The molecular formula is C10H15BrN2O. The molecule has 0 radical (unpaired) electrons. The van der Waals surface area contributed by atoms with Crippen molar-refractivity contribution < 1.29 is 4.74 Å². The van der Waals surface area contributed by atoms with Gasteiger partial charge in [-0.05, 0) is 48.3 Å². The van der Waals surface area contributed by atoms with E-state index in [9.17, 15) is 0 Å². The van der Waals surface area contributed by atoms with Gasteiger partial charge in [-0.25, -0.2) is 4.98 Å². The fourth-order valence-electron chi connectivity index (χ4n) is 0.870. The summed E-state index contributed by atoms with van der Waals surface area (Å²) in [6.07, 6.45) is 1.72. The number of rotatable bonds is 3. The average molecular weight is 259 g/mol. The van der Waals surface area contributed by atoms with E-state index < -0.39 is 0 Å². The van der Waals surface area contributed by atoms with Crippen LogP contribution in [0.3, 0.4) is 0 Å². The first-order chi connectivity index (χ1) is 6.40. The van der Waals surface area contributed by atoms with Crippen molar-refractivity contribution in [2.75, 3.05) is 6.61 Å². The van der Waals surface area contributed by atoms with Gasteiger partial charge < -0.3 is 10.5 Å².